The lowest BCUT2D eigenvalue weighted by atomic mass is 9.64. The molecule has 0 spiro atoms. The maximum Gasteiger partial charge on any atom is 0.0562 e. The average molecular weight is 225 g/mol. The molecule has 92 valence electrons. The highest BCUT2D eigenvalue weighted by atomic mass is 16.5. The van der Waals surface area contributed by atoms with E-state index in [1.54, 1.807) is 0 Å². The van der Waals surface area contributed by atoms with E-state index in [2.05, 4.69) is 5.32 Å². The number of hydrogen-bond acceptors (Lipinski definition) is 3. The number of nitrogens with one attached hydrogen (secondary N) is 1. The van der Waals surface area contributed by atoms with Crippen molar-refractivity contribution in [1.29, 1.82) is 0 Å². The van der Waals surface area contributed by atoms with Crippen molar-refractivity contribution in [1.82, 2.24) is 5.32 Å². The van der Waals surface area contributed by atoms with Gasteiger partial charge in [0.15, 0.2) is 0 Å². The normalized spacial score (nSPS) is 35.6. The maximum absolute atomic E-state index is 5.56. The van der Waals surface area contributed by atoms with Gasteiger partial charge in [0.05, 0.1) is 13.2 Å². The Morgan fingerprint density at radius 1 is 0.938 bits per heavy atom. The minimum atomic E-state index is 0.449. The van der Waals surface area contributed by atoms with Crippen molar-refractivity contribution in [2.45, 2.75) is 38.1 Å². The van der Waals surface area contributed by atoms with Crippen LogP contribution >= 0.6 is 0 Å². The Bertz CT molecular complexity index is 208. The van der Waals surface area contributed by atoms with E-state index >= 15 is 0 Å². The molecule has 0 aromatic heterocycles. The van der Waals surface area contributed by atoms with Crippen molar-refractivity contribution < 1.29 is 9.47 Å². The summed E-state index contributed by atoms with van der Waals surface area (Å²) in [7, 11) is 0. The van der Waals surface area contributed by atoms with Gasteiger partial charge < -0.3 is 14.8 Å². The molecule has 0 bridgehead atoms. The molecular weight excluding hydrogens is 202 g/mol. The first-order valence-corrected chi connectivity index (χ1v) is 6.81. The number of hydrogen-bond donors (Lipinski definition) is 1. The summed E-state index contributed by atoms with van der Waals surface area (Å²) >= 11 is 0. The summed E-state index contributed by atoms with van der Waals surface area (Å²) < 4.78 is 11.1. The Hall–Kier alpha value is -0.120. The molecule has 0 aliphatic carbocycles. The number of rotatable bonds is 2. The second-order valence-corrected chi connectivity index (χ2v) is 5.62. The monoisotopic (exact) mass is 225 g/mol. The van der Waals surface area contributed by atoms with E-state index in [1.807, 2.05) is 0 Å². The van der Waals surface area contributed by atoms with Gasteiger partial charge in [0.1, 0.15) is 0 Å². The molecule has 3 heterocycles. The van der Waals surface area contributed by atoms with E-state index < -0.39 is 0 Å². The summed E-state index contributed by atoms with van der Waals surface area (Å²) in [5, 5.41) is 3.74. The minimum absolute atomic E-state index is 0.449. The first-order chi connectivity index (χ1) is 7.92. The highest BCUT2D eigenvalue weighted by Gasteiger charge is 2.51. The standard InChI is InChI=1S/C13H23NO2/c1-2-6-14-12(3-1)13(9-16-10-13)11-4-7-15-8-5-11/h11-12,14H,1-10H2. The molecule has 3 saturated heterocycles. The Morgan fingerprint density at radius 3 is 2.31 bits per heavy atom. The SMILES string of the molecule is C1CCC(C2(C3CCOCC3)COC2)NC1. The lowest BCUT2D eigenvalue weighted by molar-refractivity contribution is -0.182. The summed E-state index contributed by atoms with van der Waals surface area (Å²) in [5.74, 6) is 0.825. The molecule has 1 N–H and O–H groups in total. The van der Waals surface area contributed by atoms with Crippen LogP contribution in [0.3, 0.4) is 0 Å². The Balaban J connectivity index is 1.70. The second-order valence-electron chi connectivity index (χ2n) is 5.62. The molecule has 0 aromatic rings. The fraction of sp³-hybridized carbons (Fsp3) is 1.00. The number of piperidine rings is 1. The predicted octanol–water partition coefficient (Wildman–Crippen LogP) is 1.57. The second kappa shape index (κ2) is 4.63. The van der Waals surface area contributed by atoms with Gasteiger partial charge in [-0.3, -0.25) is 0 Å². The van der Waals surface area contributed by atoms with Gasteiger partial charge in [-0.1, -0.05) is 6.42 Å². The van der Waals surface area contributed by atoms with Gasteiger partial charge in [-0.25, -0.2) is 0 Å². The topological polar surface area (TPSA) is 30.5 Å². The summed E-state index contributed by atoms with van der Waals surface area (Å²) in [4.78, 5) is 0. The first kappa shape index (κ1) is 11.0. The lowest BCUT2D eigenvalue weighted by Gasteiger charge is -2.54. The van der Waals surface area contributed by atoms with Gasteiger partial charge in [0, 0.05) is 24.7 Å². The van der Waals surface area contributed by atoms with E-state index in [9.17, 15) is 0 Å². The molecule has 1 atom stereocenters. The van der Waals surface area contributed by atoms with Gasteiger partial charge in [0.2, 0.25) is 0 Å². The van der Waals surface area contributed by atoms with E-state index in [0.29, 0.717) is 11.5 Å². The average Bonchev–Trinajstić information content (AvgIpc) is 2.31. The predicted molar refractivity (Wildman–Crippen MR) is 62.4 cm³/mol. The van der Waals surface area contributed by atoms with Crippen molar-refractivity contribution in [2.75, 3.05) is 33.0 Å². The van der Waals surface area contributed by atoms with Crippen LogP contribution in [0.15, 0.2) is 0 Å². The van der Waals surface area contributed by atoms with Gasteiger partial charge in [0.25, 0.3) is 0 Å². The Morgan fingerprint density at radius 2 is 1.75 bits per heavy atom. The van der Waals surface area contributed by atoms with Crippen molar-refractivity contribution in [2.24, 2.45) is 11.3 Å². The molecule has 0 amide bonds. The minimum Gasteiger partial charge on any atom is -0.381 e. The molecule has 1 unspecified atom stereocenters. The third-order valence-corrected chi connectivity index (χ3v) is 4.78. The van der Waals surface area contributed by atoms with Crippen LogP contribution in [0.25, 0.3) is 0 Å². The molecule has 0 radical (unpaired) electrons. The van der Waals surface area contributed by atoms with E-state index in [0.717, 1.165) is 32.3 Å². The molecule has 3 aliphatic heterocycles. The zero-order valence-electron chi connectivity index (χ0n) is 10.0. The summed E-state index contributed by atoms with van der Waals surface area (Å²) in [6.07, 6.45) is 6.56. The molecule has 16 heavy (non-hydrogen) atoms. The smallest absolute Gasteiger partial charge is 0.0562 e. The first-order valence-electron chi connectivity index (χ1n) is 6.81. The highest BCUT2D eigenvalue weighted by molar-refractivity contribution is 5.02. The largest absolute Gasteiger partial charge is 0.381 e. The van der Waals surface area contributed by atoms with E-state index in [4.69, 9.17) is 9.47 Å². The molecule has 3 fully saturated rings. The zero-order chi connectivity index (χ0) is 10.8. The maximum atomic E-state index is 5.56. The molecular formula is C13H23NO2. The van der Waals surface area contributed by atoms with Crippen LogP contribution < -0.4 is 5.32 Å². The third-order valence-electron chi connectivity index (χ3n) is 4.78. The van der Waals surface area contributed by atoms with E-state index in [1.165, 1.54) is 38.6 Å². The van der Waals surface area contributed by atoms with Crippen LogP contribution in [0.2, 0.25) is 0 Å². The van der Waals surface area contributed by atoms with Gasteiger partial charge in [-0.2, -0.15) is 0 Å². The fourth-order valence-electron chi connectivity index (χ4n) is 3.67. The van der Waals surface area contributed by atoms with Crippen molar-refractivity contribution in [3.05, 3.63) is 0 Å². The molecule has 0 saturated carbocycles. The quantitative estimate of drug-likeness (QED) is 0.774. The van der Waals surface area contributed by atoms with Crippen molar-refractivity contribution in [3.8, 4) is 0 Å². The zero-order valence-corrected chi connectivity index (χ0v) is 10.0. The molecule has 3 nitrogen and oxygen atoms in total. The third kappa shape index (κ3) is 1.79. The molecule has 3 aliphatic rings. The van der Waals surface area contributed by atoms with Gasteiger partial charge in [-0.15, -0.1) is 0 Å². The van der Waals surface area contributed by atoms with Crippen LogP contribution in [-0.2, 0) is 9.47 Å². The van der Waals surface area contributed by atoms with Crippen LogP contribution in [-0.4, -0.2) is 39.0 Å². The Kier molecular flexibility index (Phi) is 3.18. The summed E-state index contributed by atoms with van der Waals surface area (Å²) in [6.45, 7) is 5.08. The molecule has 0 aromatic carbocycles. The molecule has 3 rings (SSSR count). The van der Waals surface area contributed by atoms with Crippen LogP contribution in [0.5, 0.6) is 0 Å². The van der Waals surface area contributed by atoms with Crippen molar-refractivity contribution in [3.63, 3.8) is 0 Å². The van der Waals surface area contributed by atoms with Gasteiger partial charge >= 0.3 is 0 Å². The summed E-state index contributed by atoms with van der Waals surface area (Å²) in [5.41, 5.74) is 0.449. The lowest BCUT2D eigenvalue weighted by Crippen LogP contribution is -2.62. The highest BCUT2D eigenvalue weighted by Crippen LogP contribution is 2.45. The Labute approximate surface area is 97.9 Å². The van der Waals surface area contributed by atoms with Crippen molar-refractivity contribution >= 4 is 0 Å². The van der Waals surface area contributed by atoms with Gasteiger partial charge in [-0.05, 0) is 38.1 Å². The van der Waals surface area contributed by atoms with Crippen LogP contribution in [0.1, 0.15) is 32.1 Å². The van der Waals surface area contributed by atoms with Crippen LogP contribution in [0, 0.1) is 11.3 Å². The number of ether oxygens (including phenoxy) is 2. The molecule has 3 heteroatoms. The summed E-state index contributed by atoms with van der Waals surface area (Å²) in [6, 6.07) is 0.707. The van der Waals surface area contributed by atoms with E-state index in [-0.39, 0.29) is 0 Å². The fourth-order valence-corrected chi connectivity index (χ4v) is 3.67. The van der Waals surface area contributed by atoms with Crippen LogP contribution in [0.4, 0.5) is 0 Å².